The molecule has 0 bridgehead atoms. The number of carbonyl (C=O) groups excluding carboxylic acids is 1. The van der Waals surface area contributed by atoms with Gasteiger partial charge in [0, 0.05) is 12.8 Å². The highest BCUT2D eigenvalue weighted by Crippen LogP contribution is 2.20. The summed E-state index contributed by atoms with van der Waals surface area (Å²) >= 11 is 0. The molecule has 0 spiro atoms. The number of aliphatic hydroxyl groups is 1. The number of carboxylic acids is 1. The van der Waals surface area contributed by atoms with Gasteiger partial charge in [-0.3, -0.25) is 9.59 Å². The van der Waals surface area contributed by atoms with Gasteiger partial charge in [-0.2, -0.15) is 0 Å². The fourth-order valence-corrected chi connectivity index (χ4v) is 1.78. The third-order valence-corrected chi connectivity index (χ3v) is 2.94. The highest BCUT2D eigenvalue weighted by atomic mass is 16.4. The van der Waals surface area contributed by atoms with Gasteiger partial charge in [0.25, 0.3) is 0 Å². The van der Waals surface area contributed by atoms with Crippen molar-refractivity contribution in [2.45, 2.75) is 31.7 Å². The van der Waals surface area contributed by atoms with E-state index in [1.54, 1.807) is 6.92 Å². The second kappa shape index (κ2) is 6.89. The molecule has 0 heterocycles. The Labute approximate surface area is 112 Å². The molecule has 1 aromatic carbocycles. The molecule has 5 nitrogen and oxygen atoms in total. The van der Waals surface area contributed by atoms with Gasteiger partial charge in [-0.05, 0) is 18.9 Å². The van der Waals surface area contributed by atoms with Crippen LogP contribution in [0.15, 0.2) is 30.3 Å². The third-order valence-electron chi connectivity index (χ3n) is 2.94. The van der Waals surface area contributed by atoms with E-state index in [2.05, 4.69) is 5.32 Å². The van der Waals surface area contributed by atoms with Gasteiger partial charge < -0.3 is 15.5 Å². The maximum atomic E-state index is 11.8. The minimum absolute atomic E-state index is 0.0331. The molecule has 3 N–H and O–H groups in total. The number of rotatable bonds is 7. The van der Waals surface area contributed by atoms with Crippen LogP contribution >= 0.6 is 0 Å². The highest BCUT2D eigenvalue weighted by Gasteiger charge is 2.27. The Kier molecular flexibility index (Phi) is 5.51. The summed E-state index contributed by atoms with van der Waals surface area (Å²) in [6.45, 7) is 1.51. The standard InChI is InChI=1S/C14H19NO4/c1-14(10-16,11-6-3-2-4-7-11)15-12(17)8-5-9-13(18)19/h2-4,6-7,16H,5,8-10H2,1H3,(H,15,17)(H,18,19). The first-order chi connectivity index (χ1) is 8.98. The number of hydrogen-bond donors (Lipinski definition) is 3. The molecule has 0 aromatic heterocycles. The molecule has 0 aliphatic carbocycles. The number of hydrogen-bond acceptors (Lipinski definition) is 3. The Balaban J connectivity index is 2.61. The van der Waals surface area contributed by atoms with Gasteiger partial charge in [0.15, 0.2) is 0 Å². The van der Waals surface area contributed by atoms with E-state index in [-0.39, 0.29) is 31.8 Å². The second-order valence-corrected chi connectivity index (χ2v) is 4.65. The SMILES string of the molecule is CC(CO)(NC(=O)CCCC(=O)O)c1ccccc1. The lowest BCUT2D eigenvalue weighted by atomic mass is 9.92. The highest BCUT2D eigenvalue weighted by molar-refractivity contribution is 5.77. The van der Waals surface area contributed by atoms with Crippen LogP contribution in [0.4, 0.5) is 0 Å². The zero-order valence-electron chi connectivity index (χ0n) is 10.9. The van der Waals surface area contributed by atoms with Crippen LogP contribution in [0.1, 0.15) is 31.7 Å². The van der Waals surface area contributed by atoms with Crippen molar-refractivity contribution in [3.63, 3.8) is 0 Å². The van der Waals surface area contributed by atoms with Gasteiger partial charge in [0.2, 0.25) is 5.91 Å². The minimum atomic E-state index is -0.916. The first-order valence-electron chi connectivity index (χ1n) is 6.17. The Hall–Kier alpha value is -1.88. The molecule has 19 heavy (non-hydrogen) atoms. The normalized spacial score (nSPS) is 13.6. The molecule has 0 saturated heterocycles. The van der Waals surface area contributed by atoms with Crippen molar-refractivity contribution in [1.29, 1.82) is 0 Å². The van der Waals surface area contributed by atoms with E-state index in [0.717, 1.165) is 5.56 Å². The summed E-state index contributed by atoms with van der Waals surface area (Å²) in [5.41, 5.74) is -0.0363. The van der Waals surface area contributed by atoms with E-state index in [1.165, 1.54) is 0 Å². The lowest BCUT2D eigenvalue weighted by Gasteiger charge is -2.29. The van der Waals surface area contributed by atoms with Crippen molar-refractivity contribution in [3.8, 4) is 0 Å². The first-order valence-corrected chi connectivity index (χ1v) is 6.17. The second-order valence-electron chi connectivity index (χ2n) is 4.65. The number of benzene rings is 1. The topological polar surface area (TPSA) is 86.6 Å². The average molecular weight is 265 g/mol. The zero-order valence-corrected chi connectivity index (χ0v) is 10.9. The van der Waals surface area contributed by atoms with Crippen LogP contribution in [0, 0.1) is 0 Å². The lowest BCUT2D eigenvalue weighted by molar-refractivity contribution is -0.137. The third kappa shape index (κ3) is 4.71. The van der Waals surface area contributed by atoms with Crippen molar-refractivity contribution < 1.29 is 19.8 Å². The van der Waals surface area contributed by atoms with Crippen LogP contribution in [-0.2, 0) is 15.1 Å². The number of carbonyl (C=O) groups is 2. The van der Waals surface area contributed by atoms with Gasteiger partial charge in [-0.1, -0.05) is 30.3 Å². The molecule has 104 valence electrons. The van der Waals surface area contributed by atoms with Crippen LogP contribution in [0.3, 0.4) is 0 Å². The van der Waals surface area contributed by atoms with Crippen LogP contribution < -0.4 is 5.32 Å². The molecule has 0 fully saturated rings. The Morgan fingerprint density at radius 2 is 1.84 bits per heavy atom. The van der Waals surface area contributed by atoms with E-state index < -0.39 is 11.5 Å². The molecule has 1 amide bonds. The number of carboxylic acid groups (broad SMARTS) is 1. The van der Waals surface area contributed by atoms with Crippen LogP contribution in [0.5, 0.6) is 0 Å². The number of aliphatic carboxylic acids is 1. The molecule has 1 rings (SSSR count). The van der Waals surface area contributed by atoms with E-state index in [1.807, 2.05) is 30.3 Å². The zero-order chi connectivity index (χ0) is 14.3. The van der Waals surface area contributed by atoms with Crippen LogP contribution in [0.2, 0.25) is 0 Å². The van der Waals surface area contributed by atoms with Gasteiger partial charge in [0.1, 0.15) is 0 Å². The van der Waals surface area contributed by atoms with Crippen LogP contribution in [0.25, 0.3) is 0 Å². The molecule has 1 atom stereocenters. The molecule has 0 aliphatic heterocycles. The van der Waals surface area contributed by atoms with Crippen molar-refractivity contribution in [2.24, 2.45) is 0 Å². The van der Waals surface area contributed by atoms with Gasteiger partial charge in [0.05, 0.1) is 12.1 Å². The first kappa shape index (κ1) is 15.2. The predicted octanol–water partition coefficient (Wildman–Crippen LogP) is 1.27. The molecular formula is C14H19NO4. The average Bonchev–Trinajstić information content (AvgIpc) is 2.39. The Bertz CT molecular complexity index is 432. The van der Waals surface area contributed by atoms with E-state index in [9.17, 15) is 14.7 Å². The Morgan fingerprint density at radius 3 is 2.37 bits per heavy atom. The number of aliphatic hydroxyl groups excluding tert-OH is 1. The summed E-state index contributed by atoms with van der Waals surface area (Å²) in [5.74, 6) is -1.18. The quantitative estimate of drug-likeness (QED) is 0.693. The summed E-state index contributed by atoms with van der Waals surface area (Å²) in [6, 6.07) is 9.18. The van der Waals surface area contributed by atoms with E-state index >= 15 is 0 Å². The van der Waals surface area contributed by atoms with E-state index in [0.29, 0.717) is 0 Å². The number of amides is 1. The van der Waals surface area contributed by atoms with Gasteiger partial charge in [-0.15, -0.1) is 0 Å². The van der Waals surface area contributed by atoms with Crippen molar-refractivity contribution >= 4 is 11.9 Å². The predicted molar refractivity (Wildman–Crippen MR) is 70.5 cm³/mol. The molecule has 5 heteroatoms. The summed E-state index contributed by atoms with van der Waals surface area (Å²) in [6.07, 6.45) is 0.390. The van der Waals surface area contributed by atoms with Crippen molar-refractivity contribution in [2.75, 3.05) is 6.61 Å². The molecule has 0 aliphatic rings. The maximum absolute atomic E-state index is 11.8. The summed E-state index contributed by atoms with van der Waals surface area (Å²) < 4.78 is 0. The molecule has 0 saturated carbocycles. The molecule has 1 unspecified atom stereocenters. The molecule has 0 radical (unpaired) electrons. The smallest absolute Gasteiger partial charge is 0.303 e. The van der Waals surface area contributed by atoms with Crippen molar-refractivity contribution in [3.05, 3.63) is 35.9 Å². The summed E-state index contributed by atoms with van der Waals surface area (Å²) in [7, 11) is 0. The molecular weight excluding hydrogens is 246 g/mol. The van der Waals surface area contributed by atoms with Crippen LogP contribution in [-0.4, -0.2) is 28.7 Å². The van der Waals surface area contributed by atoms with Gasteiger partial charge >= 0.3 is 5.97 Å². The Morgan fingerprint density at radius 1 is 1.21 bits per heavy atom. The minimum Gasteiger partial charge on any atom is -0.481 e. The van der Waals surface area contributed by atoms with Crippen molar-refractivity contribution in [1.82, 2.24) is 5.32 Å². The number of nitrogens with one attached hydrogen (secondary N) is 1. The largest absolute Gasteiger partial charge is 0.481 e. The maximum Gasteiger partial charge on any atom is 0.303 e. The summed E-state index contributed by atoms with van der Waals surface area (Å²) in [5, 5.41) is 20.8. The van der Waals surface area contributed by atoms with Gasteiger partial charge in [-0.25, -0.2) is 0 Å². The van der Waals surface area contributed by atoms with E-state index in [4.69, 9.17) is 5.11 Å². The fourth-order valence-electron chi connectivity index (χ4n) is 1.78. The fraction of sp³-hybridized carbons (Fsp3) is 0.429. The molecule has 1 aromatic rings. The summed E-state index contributed by atoms with van der Waals surface area (Å²) in [4.78, 5) is 22.1. The monoisotopic (exact) mass is 265 g/mol. The lowest BCUT2D eigenvalue weighted by Crippen LogP contribution is -2.46.